The molecule has 0 fully saturated rings. The van der Waals surface area contributed by atoms with Crippen molar-refractivity contribution in [3.8, 4) is 5.75 Å². The van der Waals surface area contributed by atoms with E-state index in [9.17, 15) is 14.7 Å². The number of aliphatic carboxylic acids is 1. The van der Waals surface area contributed by atoms with Crippen molar-refractivity contribution in [3.05, 3.63) is 138 Å². The summed E-state index contributed by atoms with van der Waals surface area (Å²) >= 11 is 0. The van der Waals surface area contributed by atoms with Gasteiger partial charge < -0.3 is 19.7 Å². The first-order valence-electron chi connectivity index (χ1n) is 13.8. The quantitative estimate of drug-likeness (QED) is 0.175. The number of anilines is 1. The second-order valence-corrected chi connectivity index (χ2v) is 10.0. The predicted octanol–water partition coefficient (Wildman–Crippen LogP) is 6.61. The van der Waals surface area contributed by atoms with Crippen molar-refractivity contribution >= 4 is 39.2 Å². The summed E-state index contributed by atoms with van der Waals surface area (Å²) in [6.07, 6.45) is 3.33. The molecule has 2 aromatic heterocycles. The number of rotatable bonds is 11. The van der Waals surface area contributed by atoms with E-state index in [1.54, 1.807) is 42.6 Å². The summed E-state index contributed by atoms with van der Waals surface area (Å²) in [7, 11) is 0. The molecule has 0 aliphatic heterocycles. The number of benzene rings is 4. The fourth-order valence-electron chi connectivity index (χ4n) is 5.30. The van der Waals surface area contributed by atoms with Gasteiger partial charge in [0, 0.05) is 57.4 Å². The normalized spacial score (nSPS) is 11.8. The zero-order valence-electron chi connectivity index (χ0n) is 22.8. The third-order valence-corrected chi connectivity index (χ3v) is 7.35. The summed E-state index contributed by atoms with van der Waals surface area (Å²) < 4.78 is 8.35. The monoisotopic (exact) mass is 555 g/mol. The lowest BCUT2D eigenvalue weighted by Crippen LogP contribution is -2.32. The van der Waals surface area contributed by atoms with Gasteiger partial charge in [-0.2, -0.15) is 0 Å². The molecule has 2 N–H and O–H groups in total. The molecule has 0 aliphatic carbocycles. The highest BCUT2D eigenvalue weighted by Crippen LogP contribution is 2.29. The van der Waals surface area contributed by atoms with Crippen molar-refractivity contribution in [2.24, 2.45) is 0 Å². The van der Waals surface area contributed by atoms with Gasteiger partial charge in [-0.25, -0.2) is 4.79 Å². The molecule has 0 saturated heterocycles. The number of ketones is 1. The van der Waals surface area contributed by atoms with E-state index in [2.05, 4.69) is 51.3 Å². The van der Waals surface area contributed by atoms with Crippen LogP contribution in [0, 0.1) is 0 Å². The molecule has 7 nitrogen and oxygen atoms in total. The van der Waals surface area contributed by atoms with E-state index in [0.717, 1.165) is 5.56 Å². The summed E-state index contributed by atoms with van der Waals surface area (Å²) in [5.74, 6) is -0.519. The van der Waals surface area contributed by atoms with Crippen LogP contribution in [0.15, 0.2) is 122 Å². The molecule has 6 rings (SSSR count). The van der Waals surface area contributed by atoms with Gasteiger partial charge in [-0.15, -0.1) is 0 Å². The molecule has 1 atom stereocenters. The molecular weight excluding hydrogens is 526 g/mol. The number of carboxylic acids is 1. The van der Waals surface area contributed by atoms with Crippen LogP contribution in [-0.4, -0.2) is 39.1 Å². The Balaban J connectivity index is 1.12. The minimum absolute atomic E-state index is 0.224. The van der Waals surface area contributed by atoms with Crippen molar-refractivity contribution in [3.63, 3.8) is 0 Å². The number of carboxylic acid groups (broad SMARTS) is 1. The van der Waals surface area contributed by atoms with E-state index >= 15 is 0 Å². The minimum Gasteiger partial charge on any atom is -0.492 e. The topological polar surface area (TPSA) is 93.5 Å². The second kappa shape index (κ2) is 12.0. The number of hydrogen-bond acceptors (Lipinski definition) is 5. The summed E-state index contributed by atoms with van der Waals surface area (Å²) in [6, 6.07) is 33.6. The maximum Gasteiger partial charge on any atom is 0.326 e. The first-order valence-corrected chi connectivity index (χ1v) is 13.8. The van der Waals surface area contributed by atoms with Gasteiger partial charge in [0.1, 0.15) is 18.4 Å². The molecule has 0 radical (unpaired) electrons. The van der Waals surface area contributed by atoms with Gasteiger partial charge in [0.15, 0.2) is 5.78 Å². The van der Waals surface area contributed by atoms with Crippen molar-refractivity contribution in [1.82, 2.24) is 9.55 Å². The highest BCUT2D eigenvalue weighted by atomic mass is 16.5. The second-order valence-electron chi connectivity index (χ2n) is 10.0. The number of ether oxygens (including phenoxy) is 1. The number of aromatic nitrogens is 2. The third-order valence-electron chi connectivity index (χ3n) is 7.35. The van der Waals surface area contributed by atoms with Crippen LogP contribution >= 0.6 is 0 Å². The number of carbonyl (C=O) groups excluding carboxylic acids is 1. The van der Waals surface area contributed by atoms with E-state index in [1.165, 1.54) is 28.0 Å². The predicted molar refractivity (Wildman–Crippen MR) is 164 cm³/mol. The van der Waals surface area contributed by atoms with Crippen molar-refractivity contribution in [2.45, 2.75) is 19.0 Å². The van der Waals surface area contributed by atoms with E-state index in [0.29, 0.717) is 35.7 Å². The minimum atomic E-state index is -1.01. The van der Waals surface area contributed by atoms with Gasteiger partial charge in [0.05, 0.1) is 6.54 Å². The lowest BCUT2D eigenvalue weighted by molar-refractivity contribution is -0.137. The standard InChI is InChI=1S/C35H29N3O4/c39-34(25-8-7-19-36-23-25)29-11-1-4-12-30(29)37-31(35(40)41)22-24-15-17-26(18-16-24)42-21-20-38-32-13-5-2-9-27(32)28-10-3-6-14-33(28)38/h1-19,23,31,37H,20-22H2,(H,40,41). The molecule has 1 unspecified atom stereocenters. The Morgan fingerprint density at radius 3 is 2.14 bits per heavy atom. The number of fused-ring (bicyclic) bond motifs is 3. The first kappa shape index (κ1) is 26.8. The molecule has 208 valence electrons. The largest absolute Gasteiger partial charge is 0.492 e. The molecule has 0 spiro atoms. The molecule has 0 aliphatic rings. The summed E-state index contributed by atoms with van der Waals surface area (Å²) in [5.41, 5.74) is 4.47. The van der Waals surface area contributed by atoms with Gasteiger partial charge in [-0.1, -0.05) is 60.7 Å². The third kappa shape index (κ3) is 5.58. The summed E-state index contributed by atoms with van der Waals surface area (Å²) in [5, 5.41) is 15.5. The number of carbonyl (C=O) groups is 2. The SMILES string of the molecule is O=C(c1cccnc1)c1ccccc1NC(Cc1ccc(OCCn2c3ccccc3c3ccccc32)cc1)C(=O)O. The molecule has 0 bridgehead atoms. The lowest BCUT2D eigenvalue weighted by atomic mass is 10.0. The average molecular weight is 556 g/mol. The number of para-hydroxylation sites is 3. The van der Waals surface area contributed by atoms with Crippen LogP contribution in [0.4, 0.5) is 5.69 Å². The van der Waals surface area contributed by atoms with Crippen molar-refractivity contribution in [2.75, 3.05) is 11.9 Å². The van der Waals surface area contributed by atoms with Crippen LogP contribution < -0.4 is 10.1 Å². The highest BCUT2D eigenvalue weighted by Gasteiger charge is 2.21. The van der Waals surface area contributed by atoms with Crippen LogP contribution in [0.5, 0.6) is 5.75 Å². The Kier molecular flexibility index (Phi) is 7.64. The van der Waals surface area contributed by atoms with E-state index in [4.69, 9.17) is 4.74 Å². The molecule has 6 aromatic rings. The molecule has 4 aromatic carbocycles. The van der Waals surface area contributed by atoms with Gasteiger partial charge in [0.25, 0.3) is 0 Å². The molecule has 42 heavy (non-hydrogen) atoms. The van der Waals surface area contributed by atoms with Crippen LogP contribution in [0.2, 0.25) is 0 Å². The zero-order chi connectivity index (χ0) is 28.9. The fraction of sp³-hybridized carbons (Fsp3) is 0.114. The van der Waals surface area contributed by atoms with Gasteiger partial charge in [0.2, 0.25) is 0 Å². The fourth-order valence-corrected chi connectivity index (χ4v) is 5.30. The van der Waals surface area contributed by atoms with Crippen LogP contribution in [-0.2, 0) is 17.8 Å². The van der Waals surface area contributed by atoms with Crippen LogP contribution in [0.3, 0.4) is 0 Å². The van der Waals surface area contributed by atoms with Crippen LogP contribution in [0.1, 0.15) is 21.5 Å². The van der Waals surface area contributed by atoms with Crippen molar-refractivity contribution in [1.29, 1.82) is 0 Å². The number of nitrogens with zero attached hydrogens (tertiary/aromatic N) is 2. The maximum atomic E-state index is 13.1. The molecule has 2 heterocycles. The first-order chi connectivity index (χ1) is 20.6. The smallest absolute Gasteiger partial charge is 0.326 e. The summed E-state index contributed by atoms with van der Waals surface area (Å²) in [4.78, 5) is 29.3. The Hall–Kier alpha value is -5.43. The van der Waals surface area contributed by atoms with Gasteiger partial charge in [-0.05, 0) is 54.1 Å². The van der Waals surface area contributed by atoms with Gasteiger partial charge in [-0.3, -0.25) is 9.78 Å². The van der Waals surface area contributed by atoms with E-state index in [-0.39, 0.29) is 12.2 Å². The van der Waals surface area contributed by atoms with Crippen LogP contribution in [0.25, 0.3) is 21.8 Å². The molecule has 0 amide bonds. The molecule has 0 saturated carbocycles. The van der Waals surface area contributed by atoms with Crippen molar-refractivity contribution < 1.29 is 19.4 Å². The number of hydrogen-bond donors (Lipinski definition) is 2. The highest BCUT2D eigenvalue weighted by molar-refractivity contribution is 6.12. The Labute approximate surface area is 243 Å². The van der Waals surface area contributed by atoms with E-state index < -0.39 is 12.0 Å². The maximum absolute atomic E-state index is 13.1. The molecular formula is C35H29N3O4. The summed E-state index contributed by atoms with van der Waals surface area (Å²) in [6.45, 7) is 1.18. The lowest BCUT2D eigenvalue weighted by Gasteiger charge is -2.18. The Bertz CT molecular complexity index is 1810. The average Bonchev–Trinajstić information content (AvgIpc) is 3.35. The number of nitrogens with one attached hydrogen (secondary N) is 1. The molecule has 7 heteroatoms. The number of pyridine rings is 1. The van der Waals surface area contributed by atoms with E-state index in [1.807, 2.05) is 36.4 Å². The Morgan fingerprint density at radius 2 is 1.48 bits per heavy atom. The zero-order valence-corrected chi connectivity index (χ0v) is 22.8. The van der Waals surface area contributed by atoms with Gasteiger partial charge >= 0.3 is 5.97 Å². The Morgan fingerprint density at radius 1 is 0.810 bits per heavy atom.